The Morgan fingerprint density at radius 2 is 1.80 bits per heavy atom. The van der Waals surface area contributed by atoms with Gasteiger partial charge in [-0.05, 0) is 0 Å². The van der Waals surface area contributed by atoms with Gasteiger partial charge in [0.15, 0.2) is 5.92 Å². The van der Waals surface area contributed by atoms with E-state index in [9.17, 15) is 31.1 Å². The zero-order valence-corrected chi connectivity index (χ0v) is 6.95. The lowest BCUT2D eigenvalue weighted by atomic mass is 10.3. The first-order chi connectivity index (χ1) is 6.60. The molecule has 0 aromatic carbocycles. The van der Waals surface area contributed by atoms with Crippen LogP contribution in [0.2, 0.25) is 0 Å². The molecule has 1 aliphatic rings. The normalized spacial score (nSPS) is 33.3. The first kappa shape index (κ1) is 11.9. The van der Waals surface area contributed by atoms with Gasteiger partial charge in [-0.2, -0.15) is 13.2 Å². The van der Waals surface area contributed by atoms with Crippen molar-refractivity contribution < 1.29 is 35.9 Å². The first-order valence-electron chi connectivity index (χ1n) is 3.55. The van der Waals surface area contributed by atoms with E-state index in [0.29, 0.717) is 6.26 Å². The Hall–Kier alpha value is -1.21. The number of carbonyl (C=O) groups is 1. The van der Waals surface area contributed by atoms with E-state index in [1.165, 1.54) is 0 Å². The molecule has 1 saturated carbocycles. The van der Waals surface area contributed by atoms with Gasteiger partial charge < -0.3 is 4.74 Å². The van der Waals surface area contributed by atoms with Gasteiger partial charge in [0.1, 0.15) is 0 Å². The molecular weight excluding hydrogens is 230 g/mol. The minimum Gasteiger partial charge on any atom is -0.435 e. The first-order valence-corrected chi connectivity index (χ1v) is 3.55. The molecule has 0 amide bonds. The van der Waals surface area contributed by atoms with Gasteiger partial charge in [-0.1, -0.05) is 6.58 Å². The highest BCUT2D eigenvalue weighted by Crippen LogP contribution is 2.68. The third-order valence-electron chi connectivity index (χ3n) is 2.01. The molecule has 1 fully saturated rings. The fourth-order valence-corrected chi connectivity index (χ4v) is 1.19. The Labute approximate surface area is 79.5 Å². The summed E-state index contributed by atoms with van der Waals surface area (Å²) in [5.74, 6) is -9.93. The Morgan fingerprint density at radius 3 is 2.07 bits per heavy atom. The van der Waals surface area contributed by atoms with Gasteiger partial charge in [-0.25, -0.2) is 13.2 Å². The fourth-order valence-electron chi connectivity index (χ4n) is 1.19. The lowest BCUT2D eigenvalue weighted by Crippen LogP contribution is -2.34. The molecule has 0 aromatic rings. The zero-order valence-electron chi connectivity index (χ0n) is 6.95. The average Bonchev–Trinajstić information content (AvgIpc) is 2.47. The summed E-state index contributed by atoms with van der Waals surface area (Å²) in [4.78, 5) is 10.6. The maximum atomic E-state index is 12.8. The summed E-state index contributed by atoms with van der Waals surface area (Å²) < 4.78 is 77.1. The summed E-state index contributed by atoms with van der Waals surface area (Å²) >= 11 is 0. The molecule has 2 unspecified atom stereocenters. The number of hydrogen-bond donors (Lipinski definition) is 0. The Morgan fingerprint density at radius 1 is 1.33 bits per heavy atom. The smallest absolute Gasteiger partial charge is 0.429 e. The van der Waals surface area contributed by atoms with Crippen molar-refractivity contribution in [2.24, 2.45) is 5.92 Å². The molecule has 8 heteroatoms. The van der Waals surface area contributed by atoms with Crippen molar-refractivity contribution >= 4 is 5.97 Å². The Balaban J connectivity index is 2.97. The van der Waals surface area contributed by atoms with Crippen LogP contribution < -0.4 is 0 Å². The van der Waals surface area contributed by atoms with Crippen molar-refractivity contribution in [2.75, 3.05) is 0 Å². The third-order valence-corrected chi connectivity index (χ3v) is 2.01. The van der Waals surface area contributed by atoms with Crippen LogP contribution in [0.3, 0.4) is 0 Å². The monoisotopic (exact) mass is 234 g/mol. The van der Waals surface area contributed by atoms with Crippen LogP contribution in [-0.2, 0) is 9.53 Å². The highest BCUT2D eigenvalue weighted by molar-refractivity contribution is 5.81. The molecule has 1 aliphatic carbocycles. The Kier molecular flexibility index (Phi) is 2.29. The molecular formula is C7H4F6O2. The number of esters is 1. The number of hydrogen-bond acceptors (Lipinski definition) is 2. The van der Waals surface area contributed by atoms with E-state index in [2.05, 4.69) is 11.3 Å². The molecule has 0 bridgehead atoms. The third kappa shape index (κ3) is 1.30. The molecule has 0 heterocycles. The number of carbonyl (C=O) groups excluding carboxylic acids is 1. The quantitative estimate of drug-likeness (QED) is 0.416. The highest BCUT2D eigenvalue weighted by Gasteiger charge is 2.96. The molecule has 0 radical (unpaired) electrons. The van der Waals surface area contributed by atoms with Gasteiger partial charge in [-0.3, -0.25) is 4.79 Å². The molecule has 15 heavy (non-hydrogen) atoms. The van der Waals surface area contributed by atoms with E-state index in [1.54, 1.807) is 0 Å². The van der Waals surface area contributed by atoms with Crippen molar-refractivity contribution in [1.82, 2.24) is 0 Å². The van der Waals surface area contributed by atoms with Crippen LogP contribution in [-0.4, -0.2) is 23.7 Å². The van der Waals surface area contributed by atoms with Crippen LogP contribution in [0.1, 0.15) is 0 Å². The van der Waals surface area contributed by atoms with E-state index in [0.717, 1.165) is 0 Å². The predicted molar refractivity (Wildman–Crippen MR) is 34.6 cm³/mol. The molecule has 0 aliphatic heterocycles. The SMILES string of the molecule is C=COC(=O)C1C(F)(F)C1(F)C(F)(F)F. The van der Waals surface area contributed by atoms with Gasteiger partial charge in [0.05, 0.1) is 6.26 Å². The second-order valence-electron chi connectivity index (χ2n) is 2.87. The molecule has 1 rings (SSSR count). The van der Waals surface area contributed by atoms with E-state index in [-0.39, 0.29) is 0 Å². The number of rotatable bonds is 2. The summed E-state index contributed by atoms with van der Waals surface area (Å²) in [5.41, 5.74) is -4.83. The van der Waals surface area contributed by atoms with E-state index in [4.69, 9.17) is 0 Å². The second-order valence-corrected chi connectivity index (χ2v) is 2.87. The van der Waals surface area contributed by atoms with Crippen molar-refractivity contribution in [3.05, 3.63) is 12.8 Å². The predicted octanol–water partition coefficient (Wildman–Crippen LogP) is 2.21. The van der Waals surface area contributed by atoms with Crippen LogP contribution in [0, 0.1) is 5.92 Å². The average molecular weight is 234 g/mol. The lowest BCUT2D eigenvalue weighted by Gasteiger charge is -2.10. The van der Waals surface area contributed by atoms with E-state index < -0.39 is 29.7 Å². The van der Waals surface area contributed by atoms with Gasteiger partial charge in [0.2, 0.25) is 0 Å². The largest absolute Gasteiger partial charge is 0.435 e. The summed E-state index contributed by atoms with van der Waals surface area (Å²) in [7, 11) is 0. The summed E-state index contributed by atoms with van der Waals surface area (Å²) in [6.07, 6.45) is -5.46. The summed E-state index contributed by atoms with van der Waals surface area (Å²) in [6.45, 7) is 2.78. The Bertz CT molecular complexity index is 309. The van der Waals surface area contributed by atoms with Gasteiger partial charge >= 0.3 is 18.1 Å². The number of alkyl halides is 6. The maximum absolute atomic E-state index is 12.8. The molecule has 86 valence electrons. The number of halogens is 6. The minimum atomic E-state index is -5.82. The van der Waals surface area contributed by atoms with Crippen molar-refractivity contribution in [3.63, 3.8) is 0 Å². The fraction of sp³-hybridized carbons (Fsp3) is 0.571. The number of ether oxygens (including phenoxy) is 1. The molecule has 0 saturated heterocycles. The maximum Gasteiger partial charge on any atom is 0.429 e. The van der Waals surface area contributed by atoms with Gasteiger partial charge in [-0.15, -0.1) is 0 Å². The minimum absolute atomic E-state index is 0.355. The van der Waals surface area contributed by atoms with Crippen molar-refractivity contribution in [2.45, 2.75) is 17.8 Å². The highest BCUT2D eigenvalue weighted by atomic mass is 19.4. The van der Waals surface area contributed by atoms with Crippen LogP contribution in [0.4, 0.5) is 26.3 Å². The molecule has 0 N–H and O–H groups in total. The molecule has 2 nitrogen and oxygen atoms in total. The molecule has 0 spiro atoms. The standard InChI is InChI=1S/C7H4F6O2/c1-2-15-4(14)3-5(8,6(3,9)10)7(11,12)13/h2-3H,1H2. The molecule has 0 aromatic heterocycles. The van der Waals surface area contributed by atoms with Gasteiger partial charge in [0, 0.05) is 0 Å². The topological polar surface area (TPSA) is 26.3 Å². The van der Waals surface area contributed by atoms with Crippen LogP contribution in [0.5, 0.6) is 0 Å². The molecule has 2 atom stereocenters. The summed E-state index contributed by atoms with van der Waals surface area (Å²) in [6, 6.07) is 0. The van der Waals surface area contributed by atoms with Crippen LogP contribution >= 0.6 is 0 Å². The van der Waals surface area contributed by atoms with Crippen LogP contribution in [0.25, 0.3) is 0 Å². The van der Waals surface area contributed by atoms with Crippen LogP contribution in [0.15, 0.2) is 12.8 Å². The zero-order chi connectivity index (χ0) is 12.1. The lowest BCUT2D eigenvalue weighted by molar-refractivity contribution is -0.219. The summed E-state index contributed by atoms with van der Waals surface area (Å²) in [5, 5.41) is 0. The van der Waals surface area contributed by atoms with Crippen molar-refractivity contribution in [1.29, 1.82) is 0 Å². The second kappa shape index (κ2) is 2.89. The van der Waals surface area contributed by atoms with E-state index in [1.807, 2.05) is 0 Å². The van der Waals surface area contributed by atoms with Gasteiger partial charge in [0.25, 0.3) is 5.67 Å². The van der Waals surface area contributed by atoms with E-state index >= 15 is 0 Å². The van der Waals surface area contributed by atoms with Crippen molar-refractivity contribution in [3.8, 4) is 0 Å².